The van der Waals surface area contributed by atoms with Crippen molar-refractivity contribution in [2.24, 2.45) is 5.41 Å². The van der Waals surface area contributed by atoms with E-state index in [2.05, 4.69) is 13.8 Å². The molecule has 2 unspecified atom stereocenters. The minimum Gasteiger partial charge on any atom is -0.336 e. The third kappa shape index (κ3) is 2.51. The highest BCUT2D eigenvalue weighted by Crippen LogP contribution is 2.46. The molecule has 1 aliphatic rings. The Bertz CT molecular complexity index is 337. The van der Waals surface area contributed by atoms with E-state index in [-0.39, 0.29) is 20.6 Å². The van der Waals surface area contributed by atoms with Gasteiger partial charge in [-0.3, -0.25) is 0 Å². The van der Waals surface area contributed by atoms with Crippen LogP contribution in [-0.2, 0) is 9.05 Å². The molecular weight excluding hydrogens is 231 g/mol. The maximum absolute atomic E-state index is 5.86. The SMILES string of the molecule is CC1(C)COPOC1c1ccc(Cl)cc1. The highest BCUT2D eigenvalue weighted by molar-refractivity contribution is 7.26. The van der Waals surface area contributed by atoms with Gasteiger partial charge in [0.25, 0.3) is 0 Å². The van der Waals surface area contributed by atoms with Gasteiger partial charge in [0.1, 0.15) is 0 Å². The number of halogens is 1. The molecule has 1 fully saturated rings. The van der Waals surface area contributed by atoms with Crippen molar-refractivity contribution in [3.63, 3.8) is 0 Å². The quantitative estimate of drug-likeness (QED) is 0.696. The van der Waals surface area contributed by atoms with Crippen LogP contribution in [0.25, 0.3) is 0 Å². The van der Waals surface area contributed by atoms with Crippen LogP contribution in [0.4, 0.5) is 0 Å². The van der Waals surface area contributed by atoms with Crippen LogP contribution in [-0.4, -0.2) is 6.61 Å². The highest BCUT2D eigenvalue weighted by atomic mass is 35.5. The normalized spacial score (nSPS) is 26.7. The molecule has 0 amide bonds. The molecule has 0 N–H and O–H groups in total. The summed E-state index contributed by atoms with van der Waals surface area (Å²) >= 11 is 5.86. The van der Waals surface area contributed by atoms with E-state index >= 15 is 0 Å². The van der Waals surface area contributed by atoms with E-state index in [1.54, 1.807) is 0 Å². The first-order chi connectivity index (χ1) is 7.09. The van der Waals surface area contributed by atoms with Gasteiger partial charge in [0.2, 0.25) is 0 Å². The Kier molecular flexibility index (Phi) is 3.32. The zero-order valence-electron chi connectivity index (χ0n) is 8.79. The summed E-state index contributed by atoms with van der Waals surface area (Å²) in [5.74, 6) is 0. The van der Waals surface area contributed by atoms with Crippen LogP contribution >= 0.6 is 20.6 Å². The van der Waals surface area contributed by atoms with Crippen LogP contribution in [0.5, 0.6) is 0 Å². The summed E-state index contributed by atoms with van der Waals surface area (Å²) < 4.78 is 11.0. The lowest BCUT2D eigenvalue weighted by atomic mass is 9.83. The Labute approximate surface area is 96.9 Å². The Morgan fingerprint density at radius 3 is 2.60 bits per heavy atom. The highest BCUT2D eigenvalue weighted by Gasteiger charge is 2.35. The topological polar surface area (TPSA) is 18.5 Å². The van der Waals surface area contributed by atoms with Crippen LogP contribution in [0.3, 0.4) is 0 Å². The second-order valence-electron chi connectivity index (χ2n) is 4.41. The first kappa shape index (κ1) is 11.3. The fourth-order valence-corrected chi connectivity index (χ4v) is 2.87. The van der Waals surface area contributed by atoms with Gasteiger partial charge in [0, 0.05) is 10.4 Å². The molecule has 1 aromatic carbocycles. The average Bonchev–Trinajstić information content (AvgIpc) is 2.19. The Hall–Kier alpha value is -0.140. The summed E-state index contributed by atoms with van der Waals surface area (Å²) in [5, 5.41) is 0.756. The minimum atomic E-state index is 0.0130. The zero-order valence-corrected chi connectivity index (χ0v) is 10.5. The minimum absolute atomic E-state index is 0.0130. The number of hydrogen-bond acceptors (Lipinski definition) is 2. The smallest absolute Gasteiger partial charge is 0.155 e. The molecule has 2 atom stereocenters. The first-order valence-electron chi connectivity index (χ1n) is 4.87. The molecule has 4 heteroatoms. The second kappa shape index (κ2) is 4.39. The Balaban J connectivity index is 2.25. The van der Waals surface area contributed by atoms with Gasteiger partial charge in [0.05, 0.1) is 12.7 Å². The predicted molar refractivity (Wildman–Crippen MR) is 63.3 cm³/mol. The van der Waals surface area contributed by atoms with Gasteiger partial charge >= 0.3 is 0 Å². The molecule has 1 heterocycles. The van der Waals surface area contributed by atoms with Gasteiger partial charge in [-0.15, -0.1) is 0 Å². The Morgan fingerprint density at radius 2 is 2.00 bits per heavy atom. The summed E-state index contributed by atoms with van der Waals surface area (Å²) in [7, 11) is 0.139. The zero-order chi connectivity index (χ0) is 10.9. The van der Waals surface area contributed by atoms with E-state index in [9.17, 15) is 0 Å². The van der Waals surface area contributed by atoms with E-state index < -0.39 is 0 Å². The monoisotopic (exact) mass is 244 g/mol. The molecule has 82 valence electrons. The van der Waals surface area contributed by atoms with E-state index in [0.717, 1.165) is 11.6 Å². The van der Waals surface area contributed by atoms with E-state index in [1.165, 1.54) is 5.56 Å². The van der Waals surface area contributed by atoms with Crippen LogP contribution in [0.15, 0.2) is 24.3 Å². The van der Waals surface area contributed by atoms with E-state index in [0.29, 0.717) is 0 Å². The van der Waals surface area contributed by atoms with Crippen LogP contribution in [0.2, 0.25) is 5.02 Å². The van der Waals surface area contributed by atoms with E-state index in [4.69, 9.17) is 20.6 Å². The van der Waals surface area contributed by atoms with Crippen LogP contribution in [0, 0.1) is 5.41 Å². The fourth-order valence-electron chi connectivity index (χ4n) is 1.69. The van der Waals surface area contributed by atoms with Gasteiger partial charge in [-0.2, -0.15) is 0 Å². The summed E-state index contributed by atoms with van der Waals surface area (Å²) in [6.07, 6.45) is 0.0989. The molecule has 15 heavy (non-hydrogen) atoms. The molecule has 1 aromatic rings. The van der Waals surface area contributed by atoms with Crippen molar-refractivity contribution in [1.29, 1.82) is 0 Å². The molecule has 0 saturated carbocycles. The lowest BCUT2D eigenvalue weighted by Crippen LogP contribution is -2.30. The number of benzene rings is 1. The average molecular weight is 245 g/mol. The molecule has 1 saturated heterocycles. The third-order valence-electron chi connectivity index (χ3n) is 2.55. The van der Waals surface area contributed by atoms with E-state index in [1.807, 2.05) is 24.3 Å². The fraction of sp³-hybridized carbons (Fsp3) is 0.455. The Morgan fingerprint density at radius 1 is 1.33 bits per heavy atom. The lowest BCUT2D eigenvalue weighted by Gasteiger charge is -2.37. The standard InChI is InChI=1S/C11H14ClO2P/c1-11(2)7-13-15-14-10(11)8-3-5-9(12)6-4-8/h3-6,10,15H,7H2,1-2H3. The summed E-state index contributed by atoms with van der Waals surface area (Å²) in [6.45, 7) is 5.03. The molecule has 0 aliphatic carbocycles. The lowest BCUT2D eigenvalue weighted by molar-refractivity contribution is -0.00260. The molecule has 0 aromatic heterocycles. The molecular formula is C11H14ClO2P. The maximum Gasteiger partial charge on any atom is 0.155 e. The van der Waals surface area contributed by atoms with Crippen molar-refractivity contribution >= 4 is 20.6 Å². The van der Waals surface area contributed by atoms with Crippen LogP contribution < -0.4 is 0 Å². The number of hydrogen-bond donors (Lipinski definition) is 0. The van der Waals surface area contributed by atoms with Crippen molar-refractivity contribution in [3.8, 4) is 0 Å². The molecule has 0 spiro atoms. The summed E-state index contributed by atoms with van der Waals surface area (Å²) in [4.78, 5) is 0. The second-order valence-corrected chi connectivity index (χ2v) is 5.54. The largest absolute Gasteiger partial charge is 0.336 e. The molecule has 1 aliphatic heterocycles. The van der Waals surface area contributed by atoms with Gasteiger partial charge in [-0.1, -0.05) is 37.6 Å². The van der Waals surface area contributed by atoms with Gasteiger partial charge in [-0.25, -0.2) is 0 Å². The molecule has 0 bridgehead atoms. The summed E-state index contributed by atoms with van der Waals surface area (Å²) in [6, 6.07) is 7.83. The molecule has 0 radical (unpaired) electrons. The maximum atomic E-state index is 5.86. The van der Waals surface area contributed by atoms with Crippen molar-refractivity contribution in [3.05, 3.63) is 34.9 Å². The van der Waals surface area contributed by atoms with Crippen molar-refractivity contribution < 1.29 is 9.05 Å². The van der Waals surface area contributed by atoms with Crippen molar-refractivity contribution in [2.45, 2.75) is 20.0 Å². The van der Waals surface area contributed by atoms with Gasteiger partial charge < -0.3 is 9.05 Å². The van der Waals surface area contributed by atoms with Crippen LogP contribution in [0.1, 0.15) is 25.5 Å². The number of rotatable bonds is 1. The third-order valence-corrected chi connectivity index (χ3v) is 3.40. The van der Waals surface area contributed by atoms with Gasteiger partial charge in [0.15, 0.2) is 9.03 Å². The first-order valence-corrected chi connectivity index (χ1v) is 6.07. The predicted octanol–water partition coefficient (Wildman–Crippen LogP) is 3.96. The molecule has 2 rings (SSSR count). The van der Waals surface area contributed by atoms with Gasteiger partial charge in [-0.05, 0) is 17.7 Å². The van der Waals surface area contributed by atoms with Crippen molar-refractivity contribution in [2.75, 3.05) is 6.61 Å². The molecule has 2 nitrogen and oxygen atoms in total. The summed E-state index contributed by atoms with van der Waals surface area (Å²) in [5.41, 5.74) is 1.18. The van der Waals surface area contributed by atoms with Crippen molar-refractivity contribution in [1.82, 2.24) is 0 Å².